The van der Waals surface area contributed by atoms with E-state index in [2.05, 4.69) is 22.3 Å². The first-order valence-electron chi connectivity index (χ1n) is 3.94. The third-order valence-electron chi connectivity index (χ3n) is 1.99. The van der Waals surface area contributed by atoms with Gasteiger partial charge in [-0.05, 0) is 23.9 Å². The predicted molar refractivity (Wildman–Crippen MR) is 51.5 cm³/mol. The van der Waals surface area contributed by atoms with E-state index in [4.69, 9.17) is 5.73 Å². The number of hydrogen-bond donors (Lipinski definition) is 2. The lowest BCUT2D eigenvalue weighted by Crippen LogP contribution is -2.12. The van der Waals surface area contributed by atoms with Gasteiger partial charge in [-0.1, -0.05) is 0 Å². The third-order valence-corrected chi connectivity index (χ3v) is 2.85. The number of nitrogens with two attached hydrogens (primary N) is 1. The van der Waals surface area contributed by atoms with Crippen LogP contribution in [0.15, 0.2) is 17.6 Å². The van der Waals surface area contributed by atoms with Crippen molar-refractivity contribution in [1.29, 1.82) is 0 Å². The van der Waals surface area contributed by atoms with E-state index in [9.17, 15) is 0 Å². The quantitative estimate of drug-likeness (QED) is 0.755. The first-order valence-corrected chi connectivity index (χ1v) is 4.82. The summed E-state index contributed by atoms with van der Waals surface area (Å²) < 4.78 is 0. The molecular formula is C8H10N4S. The largest absolute Gasteiger partial charge is 0.319 e. The first kappa shape index (κ1) is 8.40. The van der Waals surface area contributed by atoms with Crippen LogP contribution < -0.4 is 5.73 Å². The Morgan fingerprint density at radius 1 is 1.62 bits per heavy atom. The molecule has 0 saturated carbocycles. The lowest BCUT2D eigenvalue weighted by molar-refractivity contribution is 0.808. The van der Waals surface area contributed by atoms with Gasteiger partial charge in [0.15, 0.2) is 0 Å². The van der Waals surface area contributed by atoms with Crippen LogP contribution in [0, 0.1) is 6.92 Å². The molecule has 0 radical (unpaired) electrons. The summed E-state index contributed by atoms with van der Waals surface area (Å²) in [6.07, 6.45) is 1.65. The summed E-state index contributed by atoms with van der Waals surface area (Å²) in [4.78, 5) is 1.23. The Morgan fingerprint density at radius 2 is 2.46 bits per heavy atom. The summed E-state index contributed by atoms with van der Waals surface area (Å²) >= 11 is 1.69. The van der Waals surface area contributed by atoms with Crippen molar-refractivity contribution in [2.45, 2.75) is 13.0 Å². The topological polar surface area (TPSA) is 67.6 Å². The van der Waals surface area contributed by atoms with Gasteiger partial charge in [-0.3, -0.25) is 0 Å². The lowest BCUT2D eigenvalue weighted by Gasteiger charge is -2.06. The van der Waals surface area contributed by atoms with E-state index in [1.54, 1.807) is 17.5 Å². The molecule has 1 atom stereocenters. The number of nitrogens with zero attached hydrogens (tertiary/aromatic N) is 2. The molecule has 13 heavy (non-hydrogen) atoms. The van der Waals surface area contributed by atoms with E-state index in [1.807, 2.05) is 11.4 Å². The van der Waals surface area contributed by atoms with Crippen LogP contribution in [0.1, 0.15) is 22.2 Å². The van der Waals surface area contributed by atoms with Gasteiger partial charge < -0.3 is 5.73 Å². The highest BCUT2D eigenvalue weighted by Gasteiger charge is 2.14. The first-order chi connectivity index (χ1) is 6.29. The number of H-pyrrole nitrogens is 1. The average Bonchev–Trinajstić information content (AvgIpc) is 2.72. The lowest BCUT2D eigenvalue weighted by atomic mass is 10.1. The van der Waals surface area contributed by atoms with Gasteiger partial charge in [0.25, 0.3) is 0 Å². The Bertz CT molecular complexity index is 379. The van der Waals surface area contributed by atoms with Crippen molar-refractivity contribution in [3.05, 3.63) is 33.8 Å². The standard InChI is InChI=1S/C8H10N4S/c1-5-6(2-3-13-5)8(9)7-4-10-12-11-7/h2-4,8H,9H2,1H3,(H,10,11,12). The van der Waals surface area contributed by atoms with Crippen LogP contribution in [0.25, 0.3) is 0 Å². The summed E-state index contributed by atoms with van der Waals surface area (Å²) in [5, 5.41) is 12.3. The minimum Gasteiger partial charge on any atom is -0.319 e. The number of nitrogens with one attached hydrogen (secondary N) is 1. The highest BCUT2D eigenvalue weighted by Crippen LogP contribution is 2.24. The second kappa shape index (κ2) is 3.27. The molecule has 0 saturated heterocycles. The Kier molecular flexibility index (Phi) is 2.12. The van der Waals surface area contributed by atoms with Gasteiger partial charge in [0.05, 0.1) is 12.2 Å². The molecule has 0 spiro atoms. The van der Waals surface area contributed by atoms with E-state index >= 15 is 0 Å². The number of aromatic amines is 1. The normalized spacial score (nSPS) is 13.1. The molecule has 2 heterocycles. The fraction of sp³-hybridized carbons (Fsp3) is 0.250. The predicted octanol–water partition coefficient (Wildman–Crippen LogP) is 1.22. The summed E-state index contributed by atoms with van der Waals surface area (Å²) in [6.45, 7) is 2.06. The summed E-state index contributed by atoms with van der Waals surface area (Å²) in [5.74, 6) is 0. The van der Waals surface area contributed by atoms with Gasteiger partial charge in [-0.2, -0.15) is 15.4 Å². The van der Waals surface area contributed by atoms with Crippen molar-refractivity contribution in [2.75, 3.05) is 0 Å². The Morgan fingerprint density at radius 3 is 3.00 bits per heavy atom. The Balaban J connectivity index is 2.33. The van der Waals surface area contributed by atoms with Crippen molar-refractivity contribution in [3.8, 4) is 0 Å². The Labute approximate surface area is 79.8 Å². The highest BCUT2D eigenvalue weighted by molar-refractivity contribution is 7.10. The zero-order valence-electron chi connectivity index (χ0n) is 7.19. The van der Waals surface area contributed by atoms with Crippen LogP contribution in [0.4, 0.5) is 0 Å². The maximum absolute atomic E-state index is 5.99. The van der Waals surface area contributed by atoms with Crippen LogP contribution in [-0.4, -0.2) is 15.4 Å². The molecule has 0 aliphatic heterocycles. The fourth-order valence-electron chi connectivity index (χ4n) is 1.24. The molecule has 3 N–H and O–H groups in total. The van der Waals surface area contributed by atoms with Gasteiger partial charge in [-0.15, -0.1) is 11.3 Å². The average molecular weight is 194 g/mol. The second-order valence-electron chi connectivity index (χ2n) is 2.80. The van der Waals surface area contributed by atoms with Crippen LogP contribution in [0.5, 0.6) is 0 Å². The highest BCUT2D eigenvalue weighted by atomic mass is 32.1. The SMILES string of the molecule is Cc1sccc1C(N)c1cn[nH]n1. The fourth-order valence-corrected chi connectivity index (χ4v) is 1.99. The molecule has 0 fully saturated rings. The summed E-state index contributed by atoms with van der Waals surface area (Å²) in [7, 11) is 0. The van der Waals surface area contributed by atoms with Crippen LogP contribution in [0.3, 0.4) is 0 Å². The molecule has 5 heteroatoms. The minimum atomic E-state index is -0.162. The Hall–Kier alpha value is -1.20. The zero-order valence-corrected chi connectivity index (χ0v) is 8.01. The van der Waals surface area contributed by atoms with Crippen LogP contribution in [0.2, 0.25) is 0 Å². The number of aryl methyl sites for hydroxylation is 1. The molecule has 0 aliphatic carbocycles. The number of rotatable bonds is 2. The maximum atomic E-state index is 5.99. The zero-order chi connectivity index (χ0) is 9.26. The second-order valence-corrected chi connectivity index (χ2v) is 3.92. The van der Waals surface area contributed by atoms with Gasteiger partial charge in [0.2, 0.25) is 0 Å². The number of hydrogen-bond acceptors (Lipinski definition) is 4. The molecule has 68 valence electrons. The summed E-state index contributed by atoms with van der Waals surface area (Å²) in [5.41, 5.74) is 7.89. The monoisotopic (exact) mass is 194 g/mol. The van der Waals surface area contributed by atoms with Crippen molar-refractivity contribution < 1.29 is 0 Å². The molecule has 0 bridgehead atoms. The minimum absolute atomic E-state index is 0.162. The van der Waals surface area contributed by atoms with Crippen molar-refractivity contribution in [3.63, 3.8) is 0 Å². The number of aromatic nitrogens is 3. The van der Waals surface area contributed by atoms with E-state index in [1.165, 1.54) is 4.88 Å². The van der Waals surface area contributed by atoms with Crippen LogP contribution in [-0.2, 0) is 0 Å². The molecule has 2 rings (SSSR count). The van der Waals surface area contributed by atoms with E-state index < -0.39 is 0 Å². The smallest absolute Gasteiger partial charge is 0.104 e. The molecule has 1 unspecified atom stereocenters. The molecule has 0 aromatic carbocycles. The molecule has 2 aromatic heterocycles. The number of thiophene rings is 1. The third kappa shape index (κ3) is 1.48. The van der Waals surface area contributed by atoms with Crippen molar-refractivity contribution in [1.82, 2.24) is 15.4 Å². The van der Waals surface area contributed by atoms with Crippen molar-refractivity contribution in [2.24, 2.45) is 5.73 Å². The molecule has 2 aromatic rings. The van der Waals surface area contributed by atoms with Gasteiger partial charge in [0, 0.05) is 4.88 Å². The molecule has 0 aliphatic rings. The van der Waals surface area contributed by atoms with E-state index in [0.717, 1.165) is 11.3 Å². The van der Waals surface area contributed by atoms with Gasteiger partial charge in [-0.25, -0.2) is 0 Å². The molecule has 4 nitrogen and oxygen atoms in total. The summed E-state index contributed by atoms with van der Waals surface area (Å²) in [6, 6.07) is 1.87. The van der Waals surface area contributed by atoms with Crippen molar-refractivity contribution >= 4 is 11.3 Å². The maximum Gasteiger partial charge on any atom is 0.104 e. The van der Waals surface area contributed by atoms with Gasteiger partial charge in [0.1, 0.15) is 5.69 Å². The van der Waals surface area contributed by atoms with Gasteiger partial charge >= 0.3 is 0 Å². The van der Waals surface area contributed by atoms with E-state index in [0.29, 0.717) is 0 Å². The molecule has 0 amide bonds. The molecular weight excluding hydrogens is 184 g/mol. The van der Waals surface area contributed by atoms with E-state index in [-0.39, 0.29) is 6.04 Å². The van der Waals surface area contributed by atoms with Crippen LogP contribution >= 0.6 is 11.3 Å².